The molecule has 102 valence electrons. The Kier molecular flexibility index (Phi) is 6.53. The lowest BCUT2D eigenvalue weighted by Gasteiger charge is -2.00. The van der Waals surface area contributed by atoms with Crippen LogP contribution in [0.5, 0.6) is 0 Å². The lowest BCUT2D eigenvalue weighted by molar-refractivity contribution is -0.757. The van der Waals surface area contributed by atoms with E-state index in [9.17, 15) is 4.91 Å². The van der Waals surface area contributed by atoms with E-state index in [2.05, 4.69) is 10.3 Å². The number of ether oxygens (including phenoxy) is 2. The van der Waals surface area contributed by atoms with Gasteiger partial charge in [-0.15, -0.1) is 9.59 Å². The van der Waals surface area contributed by atoms with Crippen LogP contribution >= 0.6 is 0 Å². The Morgan fingerprint density at radius 2 is 2.00 bits per heavy atom. The molecule has 0 aliphatic heterocycles. The molecule has 0 spiro atoms. The first-order valence-electron chi connectivity index (χ1n) is 6.32. The summed E-state index contributed by atoms with van der Waals surface area (Å²) < 4.78 is 12.3. The van der Waals surface area contributed by atoms with Gasteiger partial charge in [0.05, 0.1) is 13.2 Å². The van der Waals surface area contributed by atoms with Crippen LogP contribution in [0.25, 0.3) is 0 Å². The Balaban J connectivity index is 2.64. The first-order chi connectivity index (χ1) is 8.78. The van der Waals surface area contributed by atoms with E-state index < -0.39 is 0 Å². The smallest absolute Gasteiger partial charge is 0.236 e. The number of rotatable bonds is 9. The second kappa shape index (κ2) is 7.94. The van der Waals surface area contributed by atoms with Crippen molar-refractivity contribution in [3.05, 3.63) is 16.3 Å². The number of aromatic amines is 1. The maximum absolute atomic E-state index is 10.9. The molecule has 18 heavy (non-hydrogen) atoms. The monoisotopic (exact) mass is 256 g/mol. The number of nitrogens with one attached hydrogen (secondary N) is 1. The van der Waals surface area contributed by atoms with Gasteiger partial charge in [0, 0.05) is 13.5 Å². The molecule has 0 saturated heterocycles. The Morgan fingerprint density at radius 1 is 1.22 bits per heavy atom. The predicted octanol–water partition coefficient (Wildman–Crippen LogP) is 1.49. The van der Waals surface area contributed by atoms with Crippen molar-refractivity contribution >= 4 is 5.69 Å². The molecule has 0 aromatic carbocycles. The van der Waals surface area contributed by atoms with Crippen molar-refractivity contribution in [2.24, 2.45) is 5.18 Å². The highest BCUT2D eigenvalue weighted by atomic mass is 16.5. The summed E-state index contributed by atoms with van der Waals surface area (Å²) in [5.74, 6) is 0. The van der Waals surface area contributed by atoms with Crippen molar-refractivity contribution in [3.63, 3.8) is 0 Å². The molecule has 6 heteroatoms. The van der Waals surface area contributed by atoms with Crippen molar-refractivity contribution in [1.29, 1.82) is 0 Å². The van der Waals surface area contributed by atoms with Crippen molar-refractivity contribution in [2.75, 3.05) is 26.9 Å². The minimum Gasteiger partial charge on any atom is -0.382 e. The molecular formula is C12H22N3O3+. The van der Waals surface area contributed by atoms with Crippen LogP contribution in [0.2, 0.25) is 0 Å². The first-order valence-corrected chi connectivity index (χ1v) is 6.32. The second-order valence-electron chi connectivity index (χ2n) is 3.94. The van der Waals surface area contributed by atoms with E-state index in [0.29, 0.717) is 32.1 Å². The number of nitroso groups, excluding NO2 is 1. The van der Waals surface area contributed by atoms with Gasteiger partial charge in [0.25, 0.3) is 0 Å². The van der Waals surface area contributed by atoms with Crippen molar-refractivity contribution in [3.8, 4) is 0 Å². The molecule has 1 heterocycles. The topological polar surface area (TPSA) is 67.6 Å². The minimum absolute atomic E-state index is 0.553. The molecular weight excluding hydrogens is 234 g/mol. The molecule has 0 unspecified atom stereocenters. The first kappa shape index (κ1) is 14.8. The summed E-state index contributed by atoms with van der Waals surface area (Å²) in [5.41, 5.74) is 2.38. The van der Waals surface area contributed by atoms with Crippen LogP contribution < -0.4 is 4.68 Å². The number of aromatic nitrogens is 2. The average molecular weight is 256 g/mol. The standard InChI is InChI=1S/C12H21N3O3/c1-4-10-12(14-16)11(5-2)15(13-10)6-7-18-9-8-17-3/h4-9H2,1-3H3/p+1. The zero-order chi connectivity index (χ0) is 13.4. The average Bonchev–Trinajstić information content (AvgIpc) is 2.75. The molecule has 0 amide bonds. The van der Waals surface area contributed by atoms with Crippen LogP contribution in [0.4, 0.5) is 5.69 Å². The summed E-state index contributed by atoms with van der Waals surface area (Å²) in [6.07, 6.45) is 1.54. The maximum Gasteiger partial charge on any atom is 0.236 e. The molecule has 1 aromatic heterocycles. The van der Waals surface area contributed by atoms with Gasteiger partial charge in [0.2, 0.25) is 11.4 Å². The molecule has 0 fully saturated rings. The van der Waals surface area contributed by atoms with Gasteiger partial charge in [-0.1, -0.05) is 13.8 Å². The summed E-state index contributed by atoms with van der Waals surface area (Å²) in [6.45, 7) is 6.47. The number of H-pyrrole nitrogens is 1. The molecule has 6 nitrogen and oxygen atoms in total. The van der Waals surface area contributed by atoms with E-state index in [1.54, 1.807) is 7.11 Å². The molecule has 0 radical (unpaired) electrons. The number of nitrogens with zero attached hydrogens (tertiary/aromatic N) is 2. The SMILES string of the molecule is CCc1[nH][n+](CCOCCOC)c(CC)c1N=O. The van der Waals surface area contributed by atoms with Gasteiger partial charge in [-0.05, 0) is 11.6 Å². The number of hydrogen-bond acceptors (Lipinski definition) is 4. The van der Waals surface area contributed by atoms with Gasteiger partial charge in [0.15, 0.2) is 6.54 Å². The number of aryl methyl sites for hydroxylation is 1. The highest BCUT2D eigenvalue weighted by Gasteiger charge is 2.23. The normalized spacial score (nSPS) is 10.8. The highest BCUT2D eigenvalue weighted by molar-refractivity contribution is 5.44. The highest BCUT2D eigenvalue weighted by Crippen LogP contribution is 2.21. The van der Waals surface area contributed by atoms with E-state index in [1.807, 2.05) is 18.5 Å². The summed E-state index contributed by atoms with van der Waals surface area (Å²) >= 11 is 0. The van der Waals surface area contributed by atoms with E-state index in [4.69, 9.17) is 9.47 Å². The lowest BCUT2D eigenvalue weighted by atomic mass is 10.2. The fourth-order valence-electron chi connectivity index (χ4n) is 1.89. The Morgan fingerprint density at radius 3 is 2.56 bits per heavy atom. The van der Waals surface area contributed by atoms with E-state index >= 15 is 0 Å². The molecule has 0 aliphatic rings. The molecule has 0 aliphatic carbocycles. The maximum atomic E-state index is 10.9. The fourth-order valence-corrected chi connectivity index (χ4v) is 1.89. The van der Waals surface area contributed by atoms with Crippen molar-refractivity contribution < 1.29 is 14.2 Å². The Hall–Kier alpha value is -1.27. The summed E-state index contributed by atoms with van der Waals surface area (Å²) in [6, 6.07) is 0. The fraction of sp³-hybridized carbons (Fsp3) is 0.750. The van der Waals surface area contributed by atoms with Crippen LogP contribution in [-0.4, -0.2) is 32.0 Å². The van der Waals surface area contributed by atoms with E-state index in [-0.39, 0.29) is 0 Å². The summed E-state index contributed by atoms with van der Waals surface area (Å²) in [4.78, 5) is 10.9. The Labute approximate surface area is 107 Å². The molecule has 1 rings (SSSR count). The van der Waals surface area contributed by atoms with Crippen LogP contribution in [0.1, 0.15) is 25.2 Å². The zero-order valence-corrected chi connectivity index (χ0v) is 11.4. The van der Waals surface area contributed by atoms with Gasteiger partial charge in [-0.2, -0.15) is 5.10 Å². The molecule has 1 N–H and O–H groups in total. The van der Waals surface area contributed by atoms with Crippen LogP contribution in [0.3, 0.4) is 0 Å². The summed E-state index contributed by atoms with van der Waals surface area (Å²) in [5, 5.41) is 6.33. The van der Waals surface area contributed by atoms with Gasteiger partial charge in [0.1, 0.15) is 12.3 Å². The summed E-state index contributed by atoms with van der Waals surface area (Å²) in [7, 11) is 1.65. The van der Waals surface area contributed by atoms with Crippen molar-refractivity contribution in [2.45, 2.75) is 33.2 Å². The predicted molar refractivity (Wildman–Crippen MR) is 67.9 cm³/mol. The molecule has 1 aromatic rings. The van der Waals surface area contributed by atoms with Gasteiger partial charge >= 0.3 is 0 Å². The van der Waals surface area contributed by atoms with Gasteiger partial charge in [-0.25, -0.2) is 0 Å². The van der Waals surface area contributed by atoms with E-state index in [1.165, 1.54) is 0 Å². The second-order valence-corrected chi connectivity index (χ2v) is 3.94. The zero-order valence-electron chi connectivity index (χ0n) is 11.4. The van der Waals surface area contributed by atoms with E-state index in [0.717, 1.165) is 24.2 Å². The molecule has 0 saturated carbocycles. The quantitative estimate of drug-likeness (QED) is 0.413. The number of hydrogen-bond donors (Lipinski definition) is 1. The third-order valence-corrected chi connectivity index (χ3v) is 2.83. The van der Waals surface area contributed by atoms with Gasteiger partial charge in [-0.3, -0.25) is 0 Å². The minimum atomic E-state index is 0.553. The van der Waals surface area contributed by atoms with Crippen LogP contribution in [0.15, 0.2) is 5.18 Å². The van der Waals surface area contributed by atoms with Crippen molar-refractivity contribution in [1.82, 2.24) is 5.10 Å². The number of methoxy groups -OCH3 is 1. The largest absolute Gasteiger partial charge is 0.382 e. The molecule has 0 atom stereocenters. The third-order valence-electron chi connectivity index (χ3n) is 2.83. The third kappa shape index (κ3) is 3.61. The Bertz CT molecular complexity index is 377. The van der Waals surface area contributed by atoms with Gasteiger partial charge < -0.3 is 9.47 Å². The lowest BCUT2D eigenvalue weighted by Crippen LogP contribution is -2.41. The van der Waals surface area contributed by atoms with Crippen LogP contribution in [-0.2, 0) is 28.9 Å². The van der Waals surface area contributed by atoms with Crippen LogP contribution in [0, 0.1) is 4.91 Å². The molecule has 0 bridgehead atoms.